The first kappa shape index (κ1) is 29.2. The molecular weight excluding hydrogens is 514 g/mol. The Bertz CT molecular complexity index is 1160. The van der Waals surface area contributed by atoms with Crippen LogP contribution in [0.25, 0.3) is 0 Å². The van der Waals surface area contributed by atoms with Crippen LogP contribution >= 0.6 is 0 Å². The number of nitrogens with one attached hydrogen (secondary N) is 3. The highest BCUT2D eigenvalue weighted by Gasteiger charge is 2.44. The maximum absolute atomic E-state index is 13.7. The first-order valence-electron chi connectivity index (χ1n) is 13.9. The molecular formula is C29H37N5O6. The fourth-order valence-electron chi connectivity index (χ4n) is 5.23. The fourth-order valence-corrected chi connectivity index (χ4v) is 5.23. The minimum atomic E-state index is -1.16. The normalized spacial score (nSPS) is 17.5. The standard InChI is InChI=1S/C29H37N5O6/c35-26(23-9-11-24(12-10-23)34(38)39)32-29(13-4-5-14-29)28(37)31-25(21-22-7-2-1-3-8-22)27(36)30-15-6-16-33-17-19-40-20-18-33/h1-3,7-12,25H,4-6,13-21H2,(H,30,36)(H,31,37)(H,32,35)/t25-/m1/s1. The molecule has 2 aliphatic rings. The molecule has 214 valence electrons. The number of hydrogen-bond acceptors (Lipinski definition) is 7. The number of carbonyl (C=O) groups excluding carboxylic acids is 3. The van der Waals surface area contributed by atoms with Gasteiger partial charge in [-0.05, 0) is 43.5 Å². The molecule has 0 unspecified atom stereocenters. The van der Waals surface area contributed by atoms with Crippen LogP contribution in [0, 0.1) is 10.1 Å². The van der Waals surface area contributed by atoms with E-state index >= 15 is 0 Å². The first-order valence-corrected chi connectivity index (χ1v) is 13.9. The van der Waals surface area contributed by atoms with Crippen molar-refractivity contribution in [1.82, 2.24) is 20.9 Å². The van der Waals surface area contributed by atoms with Crippen molar-refractivity contribution in [2.24, 2.45) is 0 Å². The van der Waals surface area contributed by atoms with Gasteiger partial charge >= 0.3 is 0 Å². The summed E-state index contributed by atoms with van der Waals surface area (Å²) >= 11 is 0. The lowest BCUT2D eigenvalue weighted by atomic mass is 9.94. The molecule has 0 aromatic heterocycles. The Kier molecular flexibility index (Phi) is 10.2. The van der Waals surface area contributed by atoms with E-state index in [2.05, 4.69) is 20.9 Å². The van der Waals surface area contributed by atoms with Crippen molar-refractivity contribution >= 4 is 23.4 Å². The third kappa shape index (κ3) is 7.86. The number of nitro groups is 1. The summed E-state index contributed by atoms with van der Waals surface area (Å²) in [6.07, 6.45) is 3.49. The van der Waals surface area contributed by atoms with E-state index in [0.29, 0.717) is 25.8 Å². The quantitative estimate of drug-likeness (QED) is 0.209. The van der Waals surface area contributed by atoms with Crippen LogP contribution in [-0.4, -0.2) is 78.5 Å². The third-order valence-electron chi connectivity index (χ3n) is 7.54. The molecule has 3 N–H and O–H groups in total. The number of hydrogen-bond donors (Lipinski definition) is 3. The molecule has 2 aromatic carbocycles. The van der Waals surface area contributed by atoms with Crippen molar-refractivity contribution in [3.63, 3.8) is 0 Å². The summed E-state index contributed by atoms with van der Waals surface area (Å²) in [7, 11) is 0. The van der Waals surface area contributed by atoms with Crippen molar-refractivity contribution in [3.8, 4) is 0 Å². The van der Waals surface area contributed by atoms with Crippen LogP contribution in [0.1, 0.15) is 48.0 Å². The topological polar surface area (TPSA) is 143 Å². The van der Waals surface area contributed by atoms with Crippen LogP contribution in [0.4, 0.5) is 5.69 Å². The maximum Gasteiger partial charge on any atom is 0.269 e. The van der Waals surface area contributed by atoms with Gasteiger partial charge in [0.05, 0.1) is 18.1 Å². The van der Waals surface area contributed by atoms with Crippen LogP contribution in [0.5, 0.6) is 0 Å². The number of benzene rings is 2. The fraction of sp³-hybridized carbons (Fsp3) is 0.483. The molecule has 3 amide bonds. The van der Waals surface area contributed by atoms with E-state index in [-0.39, 0.29) is 17.2 Å². The van der Waals surface area contributed by atoms with Gasteiger partial charge in [0.1, 0.15) is 11.6 Å². The number of amides is 3. The highest BCUT2D eigenvalue weighted by molar-refractivity contribution is 6.00. The van der Waals surface area contributed by atoms with Crippen molar-refractivity contribution in [2.45, 2.75) is 50.1 Å². The first-order chi connectivity index (χ1) is 19.4. The molecule has 0 bridgehead atoms. The van der Waals surface area contributed by atoms with E-state index in [1.165, 1.54) is 24.3 Å². The Hall–Kier alpha value is -3.83. The molecule has 2 fully saturated rings. The number of carbonyl (C=O) groups is 3. The second-order valence-electron chi connectivity index (χ2n) is 10.4. The van der Waals surface area contributed by atoms with E-state index in [1.54, 1.807) is 0 Å². The zero-order valence-corrected chi connectivity index (χ0v) is 22.6. The number of rotatable bonds is 12. The lowest BCUT2D eigenvalue weighted by Crippen LogP contribution is -2.61. The molecule has 2 aromatic rings. The highest BCUT2D eigenvalue weighted by atomic mass is 16.6. The molecule has 1 heterocycles. The zero-order valence-electron chi connectivity index (χ0n) is 22.6. The van der Waals surface area contributed by atoms with E-state index in [4.69, 9.17) is 4.74 Å². The van der Waals surface area contributed by atoms with Crippen LogP contribution in [0.2, 0.25) is 0 Å². The molecule has 1 saturated heterocycles. The Balaban J connectivity index is 1.41. The number of non-ortho nitro benzene ring substituents is 1. The zero-order chi connectivity index (χ0) is 28.4. The van der Waals surface area contributed by atoms with Gasteiger partial charge in [0.25, 0.3) is 11.6 Å². The summed E-state index contributed by atoms with van der Waals surface area (Å²) in [5.74, 6) is -1.15. The number of nitro benzene ring substituents is 1. The number of ether oxygens (including phenoxy) is 1. The van der Waals surface area contributed by atoms with Crippen LogP contribution in [-0.2, 0) is 20.7 Å². The van der Waals surface area contributed by atoms with Gasteiger partial charge < -0.3 is 20.7 Å². The number of morpholine rings is 1. The summed E-state index contributed by atoms with van der Waals surface area (Å²) in [5.41, 5.74) is -0.149. The van der Waals surface area contributed by atoms with Gasteiger partial charge in [0, 0.05) is 43.8 Å². The molecule has 40 heavy (non-hydrogen) atoms. The monoisotopic (exact) mass is 551 g/mol. The van der Waals surface area contributed by atoms with Gasteiger partial charge in [-0.2, -0.15) is 0 Å². The lowest BCUT2D eigenvalue weighted by molar-refractivity contribution is -0.384. The molecule has 1 aliphatic heterocycles. The molecule has 11 heteroatoms. The molecule has 4 rings (SSSR count). The average molecular weight is 552 g/mol. The van der Waals surface area contributed by atoms with Crippen molar-refractivity contribution < 1.29 is 24.0 Å². The third-order valence-corrected chi connectivity index (χ3v) is 7.54. The molecule has 11 nitrogen and oxygen atoms in total. The van der Waals surface area contributed by atoms with Crippen molar-refractivity contribution in [2.75, 3.05) is 39.4 Å². The van der Waals surface area contributed by atoms with E-state index < -0.39 is 28.3 Å². The Labute approximate surface area is 233 Å². The summed E-state index contributed by atoms with van der Waals surface area (Å²) in [4.78, 5) is 52.8. The summed E-state index contributed by atoms with van der Waals surface area (Å²) < 4.78 is 5.38. The predicted molar refractivity (Wildman–Crippen MR) is 149 cm³/mol. The smallest absolute Gasteiger partial charge is 0.269 e. The second-order valence-corrected chi connectivity index (χ2v) is 10.4. The molecule has 0 radical (unpaired) electrons. The van der Waals surface area contributed by atoms with Crippen molar-refractivity contribution in [3.05, 3.63) is 75.8 Å². The Morgan fingerprint density at radius 1 is 1.00 bits per heavy atom. The van der Waals surface area contributed by atoms with Gasteiger partial charge in [-0.3, -0.25) is 29.4 Å². The minimum absolute atomic E-state index is 0.121. The molecule has 0 spiro atoms. The highest BCUT2D eigenvalue weighted by Crippen LogP contribution is 2.31. The van der Waals surface area contributed by atoms with E-state index in [0.717, 1.165) is 57.7 Å². The van der Waals surface area contributed by atoms with Crippen LogP contribution < -0.4 is 16.0 Å². The van der Waals surface area contributed by atoms with Crippen molar-refractivity contribution in [1.29, 1.82) is 0 Å². The molecule has 1 saturated carbocycles. The second kappa shape index (κ2) is 14.0. The largest absolute Gasteiger partial charge is 0.379 e. The van der Waals surface area contributed by atoms with Gasteiger partial charge in [-0.15, -0.1) is 0 Å². The van der Waals surface area contributed by atoms with E-state index in [1.807, 2.05) is 30.3 Å². The maximum atomic E-state index is 13.7. The molecule has 1 aliphatic carbocycles. The lowest BCUT2D eigenvalue weighted by Gasteiger charge is -2.31. The minimum Gasteiger partial charge on any atom is -0.379 e. The van der Waals surface area contributed by atoms with Crippen LogP contribution in [0.3, 0.4) is 0 Å². The van der Waals surface area contributed by atoms with Crippen LogP contribution in [0.15, 0.2) is 54.6 Å². The van der Waals surface area contributed by atoms with Gasteiger partial charge in [0.15, 0.2) is 0 Å². The summed E-state index contributed by atoms with van der Waals surface area (Å²) in [5, 5.41) is 19.8. The van der Waals surface area contributed by atoms with Gasteiger partial charge in [-0.1, -0.05) is 43.2 Å². The summed E-state index contributed by atoms with van der Waals surface area (Å²) in [6.45, 7) is 4.55. The Morgan fingerprint density at radius 2 is 1.68 bits per heavy atom. The number of nitrogens with zero attached hydrogens (tertiary/aromatic N) is 2. The summed E-state index contributed by atoms with van der Waals surface area (Å²) in [6, 6.07) is 13.9. The predicted octanol–water partition coefficient (Wildman–Crippen LogP) is 2.20. The average Bonchev–Trinajstić information content (AvgIpc) is 3.45. The Morgan fingerprint density at radius 3 is 2.33 bits per heavy atom. The SMILES string of the molecule is O=C(NC1(C(=O)N[C@H](Cc2ccccc2)C(=O)NCCCN2CCOCC2)CCCC1)c1ccc([N+](=O)[O-])cc1. The van der Waals surface area contributed by atoms with Gasteiger partial charge in [-0.25, -0.2) is 0 Å². The molecule has 1 atom stereocenters. The van der Waals surface area contributed by atoms with Gasteiger partial charge in [0.2, 0.25) is 11.8 Å². The van der Waals surface area contributed by atoms with E-state index in [9.17, 15) is 24.5 Å².